The lowest BCUT2D eigenvalue weighted by molar-refractivity contribution is -0.123. The monoisotopic (exact) mass is 387 g/mol. The third-order valence-electron chi connectivity index (χ3n) is 3.85. The van der Waals surface area contributed by atoms with Gasteiger partial charge in [-0.2, -0.15) is 5.10 Å². The molecule has 7 heteroatoms. The van der Waals surface area contributed by atoms with Gasteiger partial charge < -0.3 is 10.1 Å². The zero-order valence-electron chi connectivity index (χ0n) is 15.4. The van der Waals surface area contributed by atoms with Crippen LogP contribution in [0.2, 0.25) is 5.02 Å². The lowest BCUT2D eigenvalue weighted by atomic mass is 10.0. The number of benzene rings is 2. The second kappa shape index (κ2) is 9.73. The Labute approximate surface area is 163 Å². The highest BCUT2D eigenvalue weighted by Gasteiger charge is 2.24. The molecule has 0 bridgehead atoms. The highest BCUT2D eigenvalue weighted by atomic mass is 35.5. The van der Waals surface area contributed by atoms with E-state index in [0.29, 0.717) is 16.3 Å². The van der Waals surface area contributed by atoms with E-state index in [2.05, 4.69) is 15.8 Å². The average Bonchev–Trinajstić information content (AvgIpc) is 2.67. The maximum atomic E-state index is 12.4. The Bertz CT molecular complexity index is 802. The molecule has 2 aromatic rings. The fraction of sp³-hybridized carbons (Fsp3) is 0.250. The molecule has 1 unspecified atom stereocenters. The number of rotatable bonds is 7. The highest BCUT2D eigenvalue weighted by Crippen LogP contribution is 2.12. The van der Waals surface area contributed by atoms with Gasteiger partial charge in [-0.15, -0.1) is 0 Å². The summed E-state index contributed by atoms with van der Waals surface area (Å²) in [6.07, 6.45) is 1.51. The van der Waals surface area contributed by atoms with E-state index in [-0.39, 0.29) is 11.8 Å². The standard InChI is InChI=1S/C20H22ClN3O3/c1-13(2)18(23-19(25)15-6-10-17(27-3)11-7-15)20(26)24-22-12-14-4-8-16(21)9-5-14/h4-13,18H,1-3H3,(H,23,25)(H,24,26). The SMILES string of the molecule is COc1ccc(C(=O)NC(C(=O)NN=Cc2ccc(Cl)cc2)C(C)C)cc1. The Morgan fingerprint density at radius 3 is 2.26 bits per heavy atom. The van der Waals surface area contributed by atoms with Gasteiger partial charge in [-0.25, -0.2) is 5.43 Å². The Morgan fingerprint density at radius 1 is 1.07 bits per heavy atom. The van der Waals surface area contributed by atoms with Gasteiger partial charge in [-0.1, -0.05) is 37.6 Å². The molecular weight excluding hydrogens is 366 g/mol. The van der Waals surface area contributed by atoms with Gasteiger partial charge in [0.25, 0.3) is 11.8 Å². The van der Waals surface area contributed by atoms with Crippen LogP contribution in [-0.2, 0) is 4.79 Å². The van der Waals surface area contributed by atoms with Crippen LogP contribution >= 0.6 is 11.6 Å². The molecule has 0 aliphatic carbocycles. The largest absolute Gasteiger partial charge is 0.497 e. The summed E-state index contributed by atoms with van der Waals surface area (Å²) in [6.45, 7) is 3.70. The van der Waals surface area contributed by atoms with Gasteiger partial charge in [0.1, 0.15) is 11.8 Å². The third kappa shape index (κ3) is 6.11. The summed E-state index contributed by atoms with van der Waals surface area (Å²) in [5.41, 5.74) is 3.70. The first-order valence-electron chi connectivity index (χ1n) is 8.44. The van der Waals surface area contributed by atoms with E-state index < -0.39 is 11.9 Å². The molecular formula is C20H22ClN3O3. The van der Waals surface area contributed by atoms with Gasteiger partial charge in [-0.05, 0) is 47.9 Å². The number of hydrogen-bond donors (Lipinski definition) is 2. The molecule has 2 aromatic carbocycles. The Balaban J connectivity index is 1.99. The van der Waals surface area contributed by atoms with Crippen molar-refractivity contribution in [2.24, 2.45) is 11.0 Å². The zero-order chi connectivity index (χ0) is 19.8. The summed E-state index contributed by atoms with van der Waals surface area (Å²) in [5, 5.41) is 7.31. The molecule has 2 rings (SSSR count). The van der Waals surface area contributed by atoms with E-state index in [1.54, 1.807) is 55.6 Å². The molecule has 0 fully saturated rings. The molecule has 1 atom stereocenters. The van der Waals surface area contributed by atoms with Gasteiger partial charge in [0, 0.05) is 10.6 Å². The quantitative estimate of drug-likeness (QED) is 0.565. The fourth-order valence-electron chi connectivity index (χ4n) is 2.29. The van der Waals surface area contributed by atoms with E-state index in [4.69, 9.17) is 16.3 Å². The second-order valence-electron chi connectivity index (χ2n) is 6.21. The first-order valence-corrected chi connectivity index (χ1v) is 8.82. The number of carbonyl (C=O) groups excluding carboxylic acids is 2. The summed E-state index contributed by atoms with van der Waals surface area (Å²) in [6, 6.07) is 13.0. The van der Waals surface area contributed by atoms with Crippen molar-refractivity contribution in [2.45, 2.75) is 19.9 Å². The van der Waals surface area contributed by atoms with Crippen LogP contribution in [0.3, 0.4) is 0 Å². The molecule has 0 aliphatic rings. The van der Waals surface area contributed by atoms with Crippen LogP contribution in [0.4, 0.5) is 0 Å². The lowest BCUT2D eigenvalue weighted by Gasteiger charge is -2.20. The third-order valence-corrected chi connectivity index (χ3v) is 4.10. The van der Waals surface area contributed by atoms with Gasteiger partial charge in [0.2, 0.25) is 0 Å². The molecule has 0 radical (unpaired) electrons. The maximum absolute atomic E-state index is 12.4. The van der Waals surface area contributed by atoms with Crippen molar-refractivity contribution < 1.29 is 14.3 Å². The van der Waals surface area contributed by atoms with E-state index in [9.17, 15) is 9.59 Å². The van der Waals surface area contributed by atoms with E-state index in [0.717, 1.165) is 5.56 Å². The Kier molecular flexibility index (Phi) is 7.37. The van der Waals surface area contributed by atoms with E-state index in [1.807, 2.05) is 13.8 Å². The summed E-state index contributed by atoms with van der Waals surface area (Å²) >= 11 is 5.83. The van der Waals surface area contributed by atoms with Crippen molar-refractivity contribution in [3.8, 4) is 5.75 Å². The number of nitrogens with one attached hydrogen (secondary N) is 2. The topological polar surface area (TPSA) is 79.8 Å². The minimum absolute atomic E-state index is 0.113. The van der Waals surface area contributed by atoms with Crippen LogP contribution in [0.1, 0.15) is 29.8 Å². The highest BCUT2D eigenvalue weighted by molar-refractivity contribution is 6.30. The molecule has 0 aliphatic heterocycles. The number of ether oxygens (including phenoxy) is 1. The number of methoxy groups -OCH3 is 1. The Hall–Kier alpha value is -2.86. The van der Waals surface area contributed by atoms with Crippen molar-refractivity contribution in [2.75, 3.05) is 7.11 Å². The maximum Gasteiger partial charge on any atom is 0.262 e. The number of halogens is 1. The van der Waals surface area contributed by atoms with Crippen molar-refractivity contribution >= 4 is 29.6 Å². The number of hydrazone groups is 1. The smallest absolute Gasteiger partial charge is 0.262 e. The van der Waals surface area contributed by atoms with E-state index >= 15 is 0 Å². The molecule has 27 heavy (non-hydrogen) atoms. The van der Waals surface area contributed by atoms with Crippen LogP contribution in [0.5, 0.6) is 5.75 Å². The summed E-state index contributed by atoms with van der Waals surface area (Å²) < 4.78 is 5.07. The fourth-order valence-corrected chi connectivity index (χ4v) is 2.42. The second-order valence-corrected chi connectivity index (χ2v) is 6.65. The lowest BCUT2D eigenvalue weighted by Crippen LogP contribution is -2.48. The molecule has 6 nitrogen and oxygen atoms in total. The van der Waals surface area contributed by atoms with Gasteiger partial charge in [0.15, 0.2) is 0 Å². The Morgan fingerprint density at radius 2 is 1.70 bits per heavy atom. The van der Waals surface area contributed by atoms with Gasteiger partial charge in [-0.3, -0.25) is 9.59 Å². The van der Waals surface area contributed by atoms with Gasteiger partial charge in [0.05, 0.1) is 13.3 Å². The first kappa shape index (κ1) is 20.5. The predicted molar refractivity (Wildman–Crippen MR) is 106 cm³/mol. The van der Waals surface area contributed by atoms with Crippen LogP contribution in [0, 0.1) is 5.92 Å². The van der Waals surface area contributed by atoms with Crippen LogP contribution in [0.15, 0.2) is 53.6 Å². The van der Waals surface area contributed by atoms with Crippen molar-refractivity contribution in [3.05, 3.63) is 64.7 Å². The van der Waals surface area contributed by atoms with Crippen molar-refractivity contribution in [3.63, 3.8) is 0 Å². The molecule has 0 spiro atoms. The van der Waals surface area contributed by atoms with E-state index in [1.165, 1.54) is 6.21 Å². The van der Waals surface area contributed by atoms with Crippen LogP contribution in [-0.4, -0.2) is 31.2 Å². The predicted octanol–water partition coefficient (Wildman–Crippen LogP) is 3.25. The number of amides is 2. The zero-order valence-corrected chi connectivity index (χ0v) is 16.2. The minimum Gasteiger partial charge on any atom is -0.497 e. The number of nitrogens with zero attached hydrogens (tertiary/aromatic N) is 1. The molecule has 142 valence electrons. The summed E-state index contributed by atoms with van der Waals surface area (Å²) in [7, 11) is 1.55. The molecule has 0 saturated heterocycles. The molecule has 0 aromatic heterocycles. The summed E-state index contributed by atoms with van der Waals surface area (Å²) in [4.78, 5) is 24.8. The normalized spacial score (nSPS) is 12.0. The van der Waals surface area contributed by atoms with Crippen molar-refractivity contribution in [1.29, 1.82) is 0 Å². The average molecular weight is 388 g/mol. The van der Waals surface area contributed by atoms with Crippen molar-refractivity contribution in [1.82, 2.24) is 10.7 Å². The number of carbonyl (C=O) groups is 2. The number of hydrogen-bond acceptors (Lipinski definition) is 4. The van der Waals surface area contributed by atoms with Crippen LogP contribution < -0.4 is 15.5 Å². The minimum atomic E-state index is -0.720. The molecule has 0 heterocycles. The first-order chi connectivity index (χ1) is 12.9. The molecule has 2 N–H and O–H groups in total. The molecule has 0 saturated carbocycles. The molecule has 2 amide bonds. The van der Waals surface area contributed by atoms with Crippen LogP contribution in [0.25, 0.3) is 0 Å². The summed E-state index contributed by atoms with van der Waals surface area (Å²) in [5.74, 6) is -0.190. The van der Waals surface area contributed by atoms with Gasteiger partial charge >= 0.3 is 0 Å².